The van der Waals surface area contributed by atoms with Gasteiger partial charge in [0.05, 0.1) is 11.4 Å². The van der Waals surface area contributed by atoms with Gasteiger partial charge in [0.1, 0.15) is 0 Å². The molecule has 0 aliphatic carbocycles. The number of benzene rings is 1. The van der Waals surface area contributed by atoms with Crippen LogP contribution in [0.4, 0.5) is 13.2 Å². The first-order valence-corrected chi connectivity index (χ1v) is 9.83. The summed E-state index contributed by atoms with van der Waals surface area (Å²) in [6, 6.07) is 3.51. The average molecular weight is 378 g/mol. The first kappa shape index (κ1) is 20.2. The van der Waals surface area contributed by atoms with Crippen molar-refractivity contribution in [3.05, 3.63) is 28.8 Å². The third-order valence-electron chi connectivity index (χ3n) is 4.75. The predicted octanol–water partition coefficient (Wildman–Crippen LogP) is 3.16. The molecule has 1 aromatic carbocycles. The molecule has 0 saturated carbocycles. The third kappa shape index (κ3) is 5.69. The number of alkyl halides is 3. The standard InChI is InChI=1S/C17H25F3N2O2S/c1-12-8-14(3)16(9-13(12)2)25(23,24)21-10-15-4-6-22(7-5-15)11-17(18,19)20/h8-9,15,21H,4-7,10-11H2,1-3H3. The van der Waals surface area contributed by atoms with Crippen LogP contribution in [0.2, 0.25) is 0 Å². The molecule has 0 aromatic heterocycles. The SMILES string of the molecule is Cc1cc(C)c(S(=O)(=O)NCC2CCN(CC(F)(F)F)CC2)cc1C. The van der Waals surface area contributed by atoms with E-state index in [0.29, 0.717) is 31.5 Å². The van der Waals surface area contributed by atoms with Gasteiger partial charge >= 0.3 is 6.18 Å². The largest absolute Gasteiger partial charge is 0.401 e. The maximum atomic E-state index is 12.5. The maximum absolute atomic E-state index is 12.5. The molecule has 1 saturated heterocycles. The lowest BCUT2D eigenvalue weighted by molar-refractivity contribution is -0.148. The second-order valence-electron chi connectivity index (χ2n) is 6.89. The van der Waals surface area contributed by atoms with Crippen molar-refractivity contribution in [1.29, 1.82) is 0 Å². The van der Waals surface area contributed by atoms with Crippen molar-refractivity contribution in [2.75, 3.05) is 26.2 Å². The molecule has 142 valence electrons. The normalized spacial score (nSPS) is 17.8. The van der Waals surface area contributed by atoms with Gasteiger partial charge in [0.15, 0.2) is 0 Å². The highest BCUT2D eigenvalue weighted by Crippen LogP contribution is 2.23. The molecule has 4 nitrogen and oxygen atoms in total. The smallest absolute Gasteiger partial charge is 0.295 e. The van der Waals surface area contributed by atoms with E-state index in [-0.39, 0.29) is 17.4 Å². The van der Waals surface area contributed by atoms with E-state index in [4.69, 9.17) is 0 Å². The average Bonchev–Trinajstić information content (AvgIpc) is 2.48. The highest BCUT2D eigenvalue weighted by Gasteiger charge is 2.32. The molecule has 0 spiro atoms. The lowest BCUT2D eigenvalue weighted by Crippen LogP contribution is -2.42. The van der Waals surface area contributed by atoms with Crippen molar-refractivity contribution in [1.82, 2.24) is 9.62 Å². The Morgan fingerprint density at radius 1 is 1.08 bits per heavy atom. The van der Waals surface area contributed by atoms with Crippen LogP contribution < -0.4 is 4.72 Å². The quantitative estimate of drug-likeness (QED) is 0.856. The van der Waals surface area contributed by atoms with E-state index in [9.17, 15) is 21.6 Å². The van der Waals surface area contributed by atoms with Gasteiger partial charge in [0.25, 0.3) is 0 Å². The molecule has 1 aliphatic rings. The molecular weight excluding hydrogens is 353 g/mol. The molecular formula is C17H25F3N2O2S. The van der Waals surface area contributed by atoms with Gasteiger partial charge in [-0.1, -0.05) is 6.07 Å². The molecule has 1 heterocycles. The van der Waals surface area contributed by atoms with E-state index < -0.39 is 22.7 Å². The molecule has 0 unspecified atom stereocenters. The molecule has 25 heavy (non-hydrogen) atoms. The fourth-order valence-electron chi connectivity index (χ4n) is 3.13. The first-order valence-electron chi connectivity index (χ1n) is 8.34. The van der Waals surface area contributed by atoms with Crippen LogP contribution in [-0.2, 0) is 10.0 Å². The van der Waals surface area contributed by atoms with Crippen molar-refractivity contribution in [3.8, 4) is 0 Å². The summed E-state index contributed by atoms with van der Waals surface area (Å²) in [7, 11) is -3.62. The third-order valence-corrected chi connectivity index (χ3v) is 6.32. The predicted molar refractivity (Wildman–Crippen MR) is 91.1 cm³/mol. The van der Waals surface area contributed by atoms with E-state index in [2.05, 4.69) is 4.72 Å². The lowest BCUT2D eigenvalue weighted by atomic mass is 9.97. The lowest BCUT2D eigenvalue weighted by Gasteiger charge is -2.32. The number of halogens is 3. The van der Waals surface area contributed by atoms with Gasteiger partial charge in [-0.15, -0.1) is 0 Å². The number of rotatable bonds is 5. The Bertz CT molecular complexity index is 709. The number of likely N-dealkylation sites (tertiary alicyclic amines) is 1. The molecule has 1 N–H and O–H groups in total. The highest BCUT2D eigenvalue weighted by molar-refractivity contribution is 7.89. The Hall–Kier alpha value is -1.12. The zero-order valence-corrected chi connectivity index (χ0v) is 15.6. The van der Waals surface area contributed by atoms with Gasteiger partial charge in [-0.3, -0.25) is 4.90 Å². The van der Waals surface area contributed by atoms with Gasteiger partial charge in [0, 0.05) is 6.54 Å². The highest BCUT2D eigenvalue weighted by atomic mass is 32.2. The number of aryl methyl sites for hydroxylation is 3. The Balaban J connectivity index is 1.92. The molecule has 8 heteroatoms. The molecule has 0 atom stereocenters. The topological polar surface area (TPSA) is 49.4 Å². The molecule has 0 radical (unpaired) electrons. The molecule has 2 rings (SSSR count). The summed E-state index contributed by atoms with van der Waals surface area (Å²) in [6.07, 6.45) is -3.07. The Labute approximate surface area is 147 Å². The number of piperidine rings is 1. The summed E-state index contributed by atoms with van der Waals surface area (Å²) < 4.78 is 64.9. The van der Waals surface area contributed by atoms with Crippen molar-refractivity contribution in [3.63, 3.8) is 0 Å². The number of hydrogen-bond donors (Lipinski definition) is 1. The Kier molecular flexibility index (Phi) is 6.17. The van der Waals surface area contributed by atoms with Crippen LogP contribution in [0, 0.1) is 26.7 Å². The minimum absolute atomic E-state index is 0.0612. The fraction of sp³-hybridized carbons (Fsp3) is 0.647. The monoisotopic (exact) mass is 378 g/mol. The summed E-state index contributed by atoms with van der Waals surface area (Å²) >= 11 is 0. The van der Waals surface area contributed by atoms with E-state index in [1.54, 1.807) is 13.0 Å². The van der Waals surface area contributed by atoms with E-state index >= 15 is 0 Å². The van der Waals surface area contributed by atoms with Crippen LogP contribution in [-0.4, -0.2) is 45.7 Å². The van der Waals surface area contributed by atoms with Gasteiger partial charge in [-0.05, 0) is 75.4 Å². The number of nitrogens with one attached hydrogen (secondary N) is 1. The van der Waals surface area contributed by atoms with Crippen LogP contribution in [0.25, 0.3) is 0 Å². The van der Waals surface area contributed by atoms with Gasteiger partial charge < -0.3 is 0 Å². The Morgan fingerprint density at radius 3 is 2.20 bits per heavy atom. The minimum atomic E-state index is -4.19. The van der Waals surface area contributed by atoms with Gasteiger partial charge in [-0.25, -0.2) is 13.1 Å². The fourth-order valence-corrected chi connectivity index (χ4v) is 4.56. The number of sulfonamides is 1. The number of hydrogen-bond acceptors (Lipinski definition) is 3. The first-order chi connectivity index (χ1) is 11.5. The van der Waals surface area contributed by atoms with Crippen molar-refractivity contribution in [2.24, 2.45) is 5.92 Å². The maximum Gasteiger partial charge on any atom is 0.401 e. The molecule has 1 aliphatic heterocycles. The zero-order chi connectivity index (χ0) is 18.8. The summed E-state index contributed by atoms with van der Waals surface area (Å²) in [5, 5.41) is 0. The van der Waals surface area contributed by atoms with Crippen molar-refractivity contribution < 1.29 is 21.6 Å². The van der Waals surface area contributed by atoms with Crippen LogP contribution in [0.3, 0.4) is 0 Å². The molecule has 0 amide bonds. The summed E-state index contributed by atoms with van der Waals surface area (Å²) in [6.45, 7) is 5.60. The second kappa shape index (κ2) is 7.63. The van der Waals surface area contributed by atoms with E-state index in [0.717, 1.165) is 11.1 Å². The zero-order valence-electron chi connectivity index (χ0n) is 14.8. The van der Waals surface area contributed by atoms with Crippen molar-refractivity contribution >= 4 is 10.0 Å². The van der Waals surface area contributed by atoms with E-state index in [1.807, 2.05) is 19.9 Å². The molecule has 1 fully saturated rings. The van der Waals surface area contributed by atoms with Gasteiger partial charge in [-0.2, -0.15) is 13.2 Å². The van der Waals surface area contributed by atoms with Crippen LogP contribution in [0.1, 0.15) is 29.5 Å². The summed E-state index contributed by atoms with van der Waals surface area (Å²) in [5.74, 6) is 0.0612. The Morgan fingerprint density at radius 2 is 1.64 bits per heavy atom. The second-order valence-corrected chi connectivity index (χ2v) is 8.62. The van der Waals surface area contributed by atoms with E-state index in [1.165, 1.54) is 4.90 Å². The van der Waals surface area contributed by atoms with Crippen molar-refractivity contribution in [2.45, 2.75) is 44.7 Å². The number of nitrogens with zero attached hydrogens (tertiary/aromatic N) is 1. The van der Waals surface area contributed by atoms with Gasteiger partial charge in [0.2, 0.25) is 10.0 Å². The minimum Gasteiger partial charge on any atom is -0.295 e. The summed E-state index contributed by atoms with van der Waals surface area (Å²) in [5.41, 5.74) is 2.63. The van der Waals surface area contributed by atoms with Crippen LogP contribution in [0.15, 0.2) is 17.0 Å². The van der Waals surface area contributed by atoms with Crippen LogP contribution in [0.5, 0.6) is 0 Å². The summed E-state index contributed by atoms with van der Waals surface area (Å²) in [4.78, 5) is 1.64. The molecule has 1 aromatic rings. The van der Waals surface area contributed by atoms with Crippen LogP contribution >= 0.6 is 0 Å². The molecule has 0 bridgehead atoms.